The van der Waals surface area contributed by atoms with E-state index in [1.165, 1.54) is 19.3 Å². The van der Waals surface area contributed by atoms with E-state index in [-0.39, 0.29) is 5.91 Å². The number of fused-ring (bicyclic) bond motifs is 1. The van der Waals surface area contributed by atoms with Gasteiger partial charge in [0.1, 0.15) is 5.84 Å². The van der Waals surface area contributed by atoms with Crippen LogP contribution in [0.25, 0.3) is 6.08 Å². The van der Waals surface area contributed by atoms with Gasteiger partial charge < -0.3 is 16.4 Å². The molecule has 6 heteroatoms. The molecule has 1 amide bonds. The Kier molecular flexibility index (Phi) is 4.00. The number of hydrogen-bond donors (Lipinski definition) is 2. The highest BCUT2D eigenvalue weighted by atomic mass is 32.1. The lowest BCUT2D eigenvalue weighted by molar-refractivity contribution is -0.206. The molecule has 3 aliphatic carbocycles. The van der Waals surface area contributed by atoms with E-state index < -0.39 is 0 Å². The van der Waals surface area contributed by atoms with Gasteiger partial charge >= 0.3 is 0 Å². The predicted octanol–water partition coefficient (Wildman–Crippen LogP) is 2.89. The molecule has 0 saturated heterocycles. The van der Waals surface area contributed by atoms with Crippen LogP contribution in [0.2, 0.25) is 0 Å². The van der Waals surface area contributed by atoms with Crippen molar-refractivity contribution in [2.45, 2.75) is 39.0 Å². The number of carbonyl (C=O) groups excluding carboxylic acids is 1. The normalized spacial score (nSPS) is 29.5. The van der Waals surface area contributed by atoms with Gasteiger partial charge in [-0.3, -0.25) is 4.79 Å². The van der Waals surface area contributed by atoms with Crippen LogP contribution in [0.1, 0.15) is 43.9 Å². The van der Waals surface area contributed by atoms with Crippen LogP contribution in [0.15, 0.2) is 22.0 Å². The van der Waals surface area contributed by atoms with Crippen LogP contribution < -0.4 is 11.5 Å². The minimum absolute atomic E-state index is 0.118. The summed E-state index contributed by atoms with van der Waals surface area (Å²) in [5, 5.41) is 1.99. The van der Waals surface area contributed by atoms with Crippen molar-refractivity contribution in [3.63, 3.8) is 0 Å². The third-order valence-electron chi connectivity index (χ3n) is 5.88. The summed E-state index contributed by atoms with van der Waals surface area (Å²) in [6, 6.07) is 1.95. The Balaban J connectivity index is 1.53. The standard InChI is InChI=1S/C19H26N4OS/c1-2-4-23(12-19-8-18(9-19,10-19)11-20)17(24)13-6-15-14(3-5-25-15)22-16(21)7-13/h3,5-6H,2,4,7-12,20H2,1H3,(H2,21,22). The number of rotatable bonds is 6. The fourth-order valence-corrected chi connectivity index (χ4v) is 5.78. The summed E-state index contributed by atoms with van der Waals surface area (Å²) in [4.78, 5) is 20.7. The molecule has 0 radical (unpaired) electrons. The molecule has 1 aromatic rings. The van der Waals surface area contributed by atoms with Gasteiger partial charge in [-0.25, -0.2) is 4.99 Å². The van der Waals surface area contributed by atoms with Crippen LogP contribution in [-0.2, 0) is 4.79 Å². The zero-order valence-electron chi connectivity index (χ0n) is 14.8. The second-order valence-electron chi connectivity index (χ2n) is 8.08. The third kappa shape index (κ3) is 2.81. The van der Waals surface area contributed by atoms with Crippen molar-refractivity contribution in [3.8, 4) is 0 Å². The Bertz CT molecular complexity index is 743. The van der Waals surface area contributed by atoms with Gasteiger partial charge in [0.15, 0.2) is 0 Å². The van der Waals surface area contributed by atoms with E-state index in [9.17, 15) is 4.79 Å². The molecule has 2 bridgehead atoms. The average Bonchev–Trinajstić information content (AvgIpc) is 2.87. The number of nitrogens with two attached hydrogens (primary N) is 2. The van der Waals surface area contributed by atoms with E-state index in [4.69, 9.17) is 11.5 Å². The highest BCUT2D eigenvalue weighted by Gasteiger charge is 2.67. The summed E-state index contributed by atoms with van der Waals surface area (Å²) in [6.07, 6.45) is 6.92. The van der Waals surface area contributed by atoms with Gasteiger partial charge in [0.05, 0.1) is 10.6 Å². The largest absolute Gasteiger partial charge is 0.387 e. The van der Waals surface area contributed by atoms with Crippen LogP contribution in [0.4, 0.5) is 5.69 Å². The van der Waals surface area contributed by atoms with Crippen LogP contribution in [0.3, 0.4) is 0 Å². The second kappa shape index (κ2) is 5.95. The van der Waals surface area contributed by atoms with Gasteiger partial charge in [-0.15, -0.1) is 11.3 Å². The first kappa shape index (κ1) is 16.8. The van der Waals surface area contributed by atoms with Crippen molar-refractivity contribution in [3.05, 3.63) is 21.9 Å². The molecule has 1 aliphatic heterocycles. The molecule has 5 rings (SSSR count). The maximum atomic E-state index is 13.2. The minimum Gasteiger partial charge on any atom is -0.387 e. The summed E-state index contributed by atoms with van der Waals surface area (Å²) in [5.41, 5.74) is 14.3. The molecule has 4 aliphatic rings. The molecule has 3 fully saturated rings. The average molecular weight is 359 g/mol. The monoisotopic (exact) mass is 358 g/mol. The van der Waals surface area contributed by atoms with Crippen molar-refractivity contribution >= 4 is 34.8 Å². The van der Waals surface area contributed by atoms with Crippen LogP contribution in [0.5, 0.6) is 0 Å². The van der Waals surface area contributed by atoms with Gasteiger partial charge in [-0.05, 0) is 60.6 Å². The molecule has 2 heterocycles. The maximum absolute atomic E-state index is 13.2. The zero-order chi connectivity index (χ0) is 17.7. The van der Waals surface area contributed by atoms with Crippen molar-refractivity contribution < 1.29 is 4.79 Å². The summed E-state index contributed by atoms with van der Waals surface area (Å²) in [5.74, 6) is 0.633. The Morgan fingerprint density at radius 2 is 2.12 bits per heavy atom. The number of amides is 1. The lowest BCUT2D eigenvalue weighted by Crippen LogP contribution is -2.68. The predicted molar refractivity (Wildman–Crippen MR) is 103 cm³/mol. The minimum atomic E-state index is 0.118. The Morgan fingerprint density at radius 1 is 1.36 bits per heavy atom. The molecular weight excluding hydrogens is 332 g/mol. The summed E-state index contributed by atoms with van der Waals surface area (Å²) in [7, 11) is 0. The lowest BCUT2D eigenvalue weighted by atomic mass is 9.35. The van der Waals surface area contributed by atoms with Crippen molar-refractivity contribution in [1.82, 2.24) is 4.90 Å². The molecular formula is C19H26N4OS. The number of nitrogens with zero attached hydrogens (tertiary/aromatic N) is 2. The first-order valence-corrected chi connectivity index (χ1v) is 9.97. The second-order valence-corrected chi connectivity index (χ2v) is 9.03. The smallest absolute Gasteiger partial charge is 0.250 e. The molecule has 0 aromatic carbocycles. The van der Waals surface area contributed by atoms with Gasteiger partial charge in [-0.1, -0.05) is 6.92 Å². The molecule has 1 aromatic heterocycles. The first-order chi connectivity index (χ1) is 12.0. The molecule has 0 spiro atoms. The van der Waals surface area contributed by atoms with E-state index >= 15 is 0 Å². The molecule has 4 N–H and O–H groups in total. The van der Waals surface area contributed by atoms with Crippen LogP contribution in [0, 0.1) is 10.8 Å². The summed E-state index contributed by atoms with van der Waals surface area (Å²) >= 11 is 1.60. The van der Waals surface area contributed by atoms with Crippen LogP contribution >= 0.6 is 11.3 Å². The quantitative estimate of drug-likeness (QED) is 0.820. The van der Waals surface area contributed by atoms with Gasteiger partial charge in [0, 0.05) is 25.1 Å². The molecule has 5 nitrogen and oxygen atoms in total. The Morgan fingerprint density at radius 3 is 2.80 bits per heavy atom. The number of carbonyl (C=O) groups is 1. The lowest BCUT2D eigenvalue weighted by Gasteiger charge is -2.71. The van der Waals surface area contributed by atoms with E-state index in [2.05, 4.69) is 11.9 Å². The molecule has 3 saturated carbocycles. The number of aliphatic imine (C=N–C) groups is 1. The molecule has 134 valence electrons. The fraction of sp³-hybridized carbons (Fsp3) is 0.579. The van der Waals surface area contributed by atoms with Gasteiger partial charge in [0.25, 0.3) is 0 Å². The number of thiophene rings is 1. The first-order valence-electron chi connectivity index (χ1n) is 9.09. The SMILES string of the molecule is CCCN(CC12CC(CN)(C1)C2)C(=O)C1=Cc2sccc2N=C(N)C1. The Labute approximate surface area is 152 Å². The van der Waals surface area contributed by atoms with Crippen LogP contribution in [-0.4, -0.2) is 36.3 Å². The highest BCUT2D eigenvalue weighted by molar-refractivity contribution is 7.11. The zero-order valence-corrected chi connectivity index (χ0v) is 15.6. The van der Waals surface area contributed by atoms with Crippen molar-refractivity contribution in [2.75, 3.05) is 19.6 Å². The van der Waals surface area contributed by atoms with Gasteiger partial charge in [0.2, 0.25) is 5.91 Å². The highest BCUT2D eigenvalue weighted by Crippen LogP contribution is 2.72. The van der Waals surface area contributed by atoms with E-state index in [0.717, 1.165) is 42.2 Å². The third-order valence-corrected chi connectivity index (χ3v) is 6.73. The van der Waals surface area contributed by atoms with E-state index in [1.54, 1.807) is 11.3 Å². The van der Waals surface area contributed by atoms with Gasteiger partial charge in [-0.2, -0.15) is 0 Å². The maximum Gasteiger partial charge on any atom is 0.250 e. The molecule has 0 unspecified atom stereocenters. The molecule has 0 atom stereocenters. The Hall–Kier alpha value is -1.66. The number of amidine groups is 1. The molecule has 25 heavy (non-hydrogen) atoms. The topological polar surface area (TPSA) is 84.7 Å². The summed E-state index contributed by atoms with van der Waals surface area (Å²) in [6.45, 7) is 4.56. The van der Waals surface area contributed by atoms with E-state index in [0.29, 0.717) is 23.1 Å². The van der Waals surface area contributed by atoms with Crippen molar-refractivity contribution in [1.29, 1.82) is 0 Å². The van der Waals surface area contributed by atoms with E-state index in [1.807, 2.05) is 22.4 Å². The number of hydrogen-bond acceptors (Lipinski definition) is 5. The fourth-order valence-electron chi connectivity index (χ4n) is 5.00. The van der Waals surface area contributed by atoms with Crippen molar-refractivity contribution in [2.24, 2.45) is 27.3 Å². The summed E-state index contributed by atoms with van der Waals surface area (Å²) < 4.78 is 0.